The Balaban J connectivity index is 1.58. The van der Waals surface area contributed by atoms with Gasteiger partial charge in [-0.15, -0.1) is 0 Å². The first-order valence-corrected chi connectivity index (χ1v) is 13.9. The largest absolute Gasteiger partial charge is 0.444 e. The number of nitrogens with one attached hydrogen (secondary N) is 1. The van der Waals surface area contributed by atoms with Crippen LogP contribution in [0.1, 0.15) is 82.1 Å². The lowest BCUT2D eigenvalue weighted by atomic mass is 10.0. The van der Waals surface area contributed by atoms with E-state index < -0.39 is 29.4 Å². The molecule has 0 bridgehead atoms. The number of carbonyl (C=O) groups excluding carboxylic acids is 2. The number of nitrogens with zero attached hydrogens (tertiary/aromatic N) is 4. The molecule has 1 N–H and O–H groups in total. The number of alkyl carbamates (subject to hydrolysis) is 1. The van der Waals surface area contributed by atoms with Crippen LogP contribution in [0.4, 0.5) is 4.79 Å². The van der Waals surface area contributed by atoms with Crippen LogP contribution in [-0.2, 0) is 14.3 Å². The molecule has 11 nitrogen and oxygen atoms in total. The Morgan fingerprint density at radius 3 is 2.31 bits per heavy atom. The molecule has 0 saturated carbocycles. The SMILES string of the molecule is CO/N=C1\C[C@@H](c2noc([C@H](COC(C)(C)C)NC(=O)OC(C)(C)C)n2)N(C(=O)c2ccc(-c3ccccc3)cc2)C1. The number of aromatic nitrogens is 2. The maximum Gasteiger partial charge on any atom is 0.408 e. The van der Waals surface area contributed by atoms with Crippen LogP contribution in [0, 0.1) is 0 Å². The molecule has 224 valence electrons. The topological polar surface area (TPSA) is 128 Å². The van der Waals surface area contributed by atoms with Crippen molar-refractivity contribution < 1.29 is 28.4 Å². The zero-order chi connectivity index (χ0) is 30.5. The molecule has 2 amide bonds. The summed E-state index contributed by atoms with van der Waals surface area (Å²) < 4.78 is 17.0. The second kappa shape index (κ2) is 12.7. The van der Waals surface area contributed by atoms with Gasteiger partial charge in [-0.3, -0.25) is 4.79 Å². The molecule has 1 fully saturated rings. The molecule has 2 aromatic carbocycles. The molecule has 11 heteroatoms. The van der Waals surface area contributed by atoms with Crippen molar-refractivity contribution in [2.75, 3.05) is 20.3 Å². The van der Waals surface area contributed by atoms with Crippen LogP contribution in [-0.4, -0.2) is 64.2 Å². The number of oxime groups is 1. The van der Waals surface area contributed by atoms with E-state index in [-0.39, 0.29) is 30.8 Å². The van der Waals surface area contributed by atoms with E-state index in [2.05, 4.69) is 20.6 Å². The van der Waals surface area contributed by atoms with Gasteiger partial charge in [-0.25, -0.2) is 4.79 Å². The second-order valence-electron chi connectivity index (χ2n) is 12.0. The zero-order valence-corrected chi connectivity index (χ0v) is 25.2. The predicted octanol–water partition coefficient (Wildman–Crippen LogP) is 5.71. The van der Waals surface area contributed by atoms with E-state index in [4.69, 9.17) is 18.8 Å². The first-order valence-electron chi connectivity index (χ1n) is 13.9. The van der Waals surface area contributed by atoms with Crippen molar-refractivity contribution in [1.29, 1.82) is 0 Å². The molecule has 1 aromatic heterocycles. The van der Waals surface area contributed by atoms with Crippen molar-refractivity contribution in [1.82, 2.24) is 20.4 Å². The van der Waals surface area contributed by atoms with Crippen molar-refractivity contribution in [3.05, 3.63) is 71.9 Å². The van der Waals surface area contributed by atoms with E-state index in [1.165, 1.54) is 7.11 Å². The van der Waals surface area contributed by atoms with Crippen LogP contribution in [0.3, 0.4) is 0 Å². The highest BCUT2D eigenvalue weighted by atomic mass is 16.6. The lowest BCUT2D eigenvalue weighted by Gasteiger charge is -2.25. The fourth-order valence-corrected chi connectivity index (χ4v) is 4.43. The zero-order valence-electron chi connectivity index (χ0n) is 25.2. The van der Waals surface area contributed by atoms with Crippen molar-refractivity contribution >= 4 is 17.7 Å². The Morgan fingerprint density at radius 1 is 1.02 bits per heavy atom. The molecule has 42 heavy (non-hydrogen) atoms. The molecule has 0 spiro atoms. The number of hydrogen-bond donors (Lipinski definition) is 1. The van der Waals surface area contributed by atoms with Gasteiger partial charge in [0.1, 0.15) is 24.8 Å². The normalized spacial score (nSPS) is 17.3. The molecule has 2 heterocycles. The highest BCUT2D eigenvalue weighted by Crippen LogP contribution is 2.32. The predicted molar refractivity (Wildman–Crippen MR) is 157 cm³/mol. The third-order valence-electron chi connectivity index (χ3n) is 6.31. The Bertz CT molecular complexity index is 1390. The molecule has 1 aliphatic heterocycles. The Labute approximate surface area is 246 Å². The molecular formula is C31H39N5O6. The van der Waals surface area contributed by atoms with Crippen molar-refractivity contribution in [2.24, 2.45) is 5.16 Å². The summed E-state index contributed by atoms with van der Waals surface area (Å²) in [6, 6.07) is 16.1. The summed E-state index contributed by atoms with van der Waals surface area (Å²) in [5, 5.41) is 11.1. The average molecular weight is 578 g/mol. The fraction of sp³-hybridized carbons (Fsp3) is 0.452. The highest BCUT2D eigenvalue weighted by Gasteiger charge is 2.39. The minimum atomic E-state index is -0.775. The minimum Gasteiger partial charge on any atom is -0.444 e. The summed E-state index contributed by atoms with van der Waals surface area (Å²) in [6.07, 6.45) is -0.278. The molecule has 0 radical (unpaired) electrons. The van der Waals surface area contributed by atoms with Crippen LogP contribution >= 0.6 is 0 Å². The number of hydrogen-bond acceptors (Lipinski definition) is 9. The van der Waals surface area contributed by atoms with Gasteiger partial charge in [-0.2, -0.15) is 4.98 Å². The number of ether oxygens (including phenoxy) is 2. The van der Waals surface area contributed by atoms with Crippen LogP contribution in [0.2, 0.25) is 0 Å². The van der Waals surface area contributed by atoms with Gasteiger partial charge >= 0.3 is 6.09 Å². The molecular weight excluding hydrogens is 538 g/mol. The number of likely N-dealkylation sites (tertiary alicyclic amines) is 1. The third kappa shape index (κ3) is 8.16. The number of rotatable bonds is 8. The van der Waals surface area contributed by atoms with Gasteiger partial charge in [0.25, 0.3) is 11.8 Å². The minimum absolute atomic E-state index is 0.0713. The van der Waals surface area contributed by atoms with Gasteiger partial charge in [0.2, 0.25) is 0 Å². The third-order valence-corrected chi connectivity index (χ3v) is 6.31. The summed E-state index contributed by atoms with van der Waals surface area (Å²) >= 11 is 0. The first-order chi connectivity index (χ1) is 19.8. The number of amides is 2. The van der Waals surface area contributed by atoms with E-state index in [9.17, 15) is 9.59 Å². The van der Waals surface area contributed by atoms with Crippen molar-refractivity contribution in [3.63, 3.8) is 0 Å². The van der Waals surface area contributed by atoms with Gasteiger partial charge in [-0.1, -0.05) is 52.8 Å². The summed E-state index contributed by atoms with van der Waals surface area (Å²) in [5.41, 5.74) is 2.09. The van der Waals surface area contributed by atoms with Crippen LogP contribution in [0.5, 0.6) is 0 Å². The Hall–Kier alpha value is -4.25. The fourth-order valence-electron chi connectivity index (χ4n) is 4.43. The van der Waals surface area contributed by atoms with Gasteiger partial charge in [0, 0.05) is 12.0 Å². The summed E-state index contributed by atoms with van der Waals surface area (Å²) in [6.45, 7) is 11.4. The summed E-state index contributed by atoms with van der Waals surface area (Å²) in [4.78, 5) is 37.6. The Morgan fingerprint density at radius 2 is 1.69 bits per heavy atom. The average Bonchev–Trinajstić information content (AvgIpc) is 3.58. The molecule has 2 atom stereocenters. The van der Waals surface area contributed by atoms with Crippen LogP contribution in [0.15, 0.2) is 64.3 Å². The van der Waals surface area contributed by atoms with E-state index in [0.717, 1.165) is 11.1 Å². The monoisotopic (exact) mass is 577 g/mol. The van der Waals surface area contributed by atoms with Crippen LogP contribution < -0.4 is 5.32 Å². The molecule has 1 aliphatic rings. The maximum atomic E-state index is 13.7. The van der Waals surface area contributed by atoms with Gasteiger partial charge in [0.05, 0.1) is 24.5 Å². The first kappa shape index (κ1) is 30.7. The van der Waals surface area contributed by atoms with Crippen molar-refractivity contribution in [2.45, 2.75) is 71.2 Å². The van der Waals surface area contributed by atoms with Gasteiger partial charge in [0.15, 0.2) is 5.82 Å². The highest BCUT2D eigenvalue weighted by molar-refractivity contribution is 6.00. The van der Waals surface area contributed by atoms with Gasteiger partial charge < -0.3 is 29.1 Å². The summed E-state index contributed by atoms with van der Waals surface area (Å²) in [7, 11) is 1.46. The van der Waals surface area contributed by atoms with E-state index in [1.807, 2.05) is 63.2 Å². The molecule has 4 rings (SSSR count). The lowest BCUT2D eigenvalue weighted by molar-refractivity contribution is -0.0213. The number of carbonyl (C=O) groups is 2. The smallest absolute Gasteiger partial charge is 0.408 e. The standard InChI is InChI=1S/C31H39N5O6/c1-30(2,3)40-19-24(32-29(38)41-31(4,5)6)27-33-26(35-42-27)25-17-23(34-39-7)18-36(25)28(37)22-15-13-21(14-16-22)20-11-9-8-10-12-20/h8-16,24-25H,17-19H2,1-7H3,(H,32,38)/b34-23+/t24-,25-/m0/s1. The lowest BCUT2D eigenvalue weighted by Crippen LogP contribution is -2.38. The van der Waals surface area contributed by atoms with E-state index >= 15 is 0 Å². The molecule has 0 unspecified atom stereocenters. The second-order valence-corrected chi connectivity index (χ2v) is 12.0. The molecule has 0 aliphatic carbocycles. The summed E-state index contributed by atoms with van der Waals surface area (Å²) in [5.74, 6) is 0.218. The van der Waals surface area contributed by atoms with E-state index in [1.54, 1.807) is 37.8 Å². The van der Waals surface area contributed by atoms with Crippen molar-refractivity contribution in [3.8, 4) is 11.1 Å². The quantitative estimate of drug-likeness (QED) is 0.337. The van der Waals surface area contributed by atoms with E-state index in [0.29, 0.717) is 17.7 Å². The molecule has 3 aromatic rings. The van der Waals surface area contributed by atoms with Gasteiger partial charge in [-0.05, 0) is 64.8 Å². The van der Waals surface area contributed by atoms with Crippen LogP contribution in [0.25, 0.3) is 11.1 Å². The number of benzene rings is 2. The Kier molecular flexibility index (Phi) is 9.30. The molecule has 1 saturated heterocycles. The maximum absolute atomic E-state index is 13.7.